The van der Waals surface area contributed by atoms with Gasteiger partial charge in [-0.3, -0.25) is 9.88 Å². The van der Waals surface area contributed by atoms with E-state index < -0.39 is 0 Å². The number of urea groups is 1. The van der Waals surface area contributed by atoms with Crippen molar-refractivity contribution < 1.29 is 4.79 Å². The summed E-state index contributed by atoms with van der Waals surface area (Å²) in [6.45, 7) is 7.72. The van der Waals surface area contributed by atoms with Crippen LogP contribution >= 0.6 is 0 Å². The fourth-order valence-corrected chi connectivity index (χ4v) is 3.71. The van der Waals surface area contributed by atoms with Gasteiger partial charge in [-0.15, -0.1) is 0 Å². The highest BCUT2D eigenvalue weighted by atomic mass is 16.2. The molecule has 1 unspecified atom stereocenters. The Labute approximate surface area is 168 Å². The summed E-state index contributed by atoms with van der Waals surface area (Å²) < 4.78 is 0. The SMILES string of the molecule is Cc1ccc(C(CNC(=O)N(C)Cc2ccccn2)N2CCC(C)CC2)cc1. The summed E-state index contributed by atoms with van der Waals surface area (Å²) in [5, 5.41) is 3.14. The van der Waals surface area contributed by atoms with Crippen LogP contribution in [0.25, 0.3) is 0 Å². The van der Waals surface area contributed by atoms with E-state index in [1.807, 2.05) is 25.2 Å². The van der Waals surface area contributed by atoms with Gasteiger partial charge in [-0.05, 0) is 56.5 Å². The number of piperidine rings is 1. The maximum atomic E-state index is 12.6. The number of hydrogen-bond acceptors (Lipinski definition) is 3. The van der Waals surface area contributed by atoms with Crippen LogP contribution in [-0.4, -0.2) is 47.5 Å². The third-order valence-corrected chi connectivity index (χ3v) is 5.64. The maximum absolute atomic E-state index is 12.6. The van der Waals surface area contributed by atoms with E-state index in [1.165, 1.54) is 24.0 Å². The molecule has 1 aromatic carbocycles. The highest BCUT2D eigenvalue weighted by Gasteiger charge is 2.25. The van der Waals surface area contributed by atoms with Crippen LogP contribution in [0.15, 0.2) is 48.7 Å². The number of benzene rings is 1. The molecule has 5 heteroatoms. The molecule has 5 nitrogen and oxygen atoms in total. The Kier molecular flexibility index (Phi) is 7.04. The van der Waals surface area contributed by atoms with Gasteiger partial charge in [-0.25, -0.2) is 4.79 Å². The first-order valence-corrected chi connectivity index (χ1v) is 10.2. The number of amides is 2. The molecule has 150 valence electrons. The van der Waals surface area contributed by atoms with E-state index in [-0.39, 0.29) is 12.1 Å². The first kappa shape index (κ1) is 20.3. The molecule has 1 aliphatic rings. The Morgan fingerprint density at radius 1 is 1.21 bits per heavy atom. The summed E-state index contributed by atoms with van der Waals surface area (Å²) in [7, 11) is 1.81. The van der Waals surface area contributed by atoms with E-state index in [0.717, 1.165) is 24.7 Å². The average molecular weight is 381 g/mol. The van der Waals surface area contributed by atoms with E-state index in [9.17, 15) is 4.79 Å². The number of rotatable bonds is 6. The zero-order valence-electron chi connectivity index (χ0n) is 17.3. The molecule has 28 heavy (non-hydrogen) atoms. The Bertz CT molecular complexity index is 739. The van der Waals surface area contributed by atoms with Gasteiger partial charge in [0.1, 0.15) is 0 Å². The molecule has 0 bridgehead atoms. The molecule has 1 saturated heterocycles. The molecule has 1 aliphatic heterocycles. The number of likely N-dealkylation sites (tertiary alicyclic amines) is 1. The molecule has 2 heterocycles. The van der Waals surface area contributed by atoms with Crippen LogP contribution in [-0.2, 0) is 6.54 Å². The van der Waals surface area contributed by atoms with Crippen molar-refractivity contribution in [2.45, 2.75) is 39.3 Å². The Balaban J connectivity index is 1.63. The van der Waals surface area contributed by atoms with Crippen LogP contribution in [0.2, 0.25) is 0 Å². The molecular weight excluding hydrogens is 348 g/mol. The van der Waals surface area contributed by atoms with Gasteiger partial charge >= 0.3 is 6.03 Å². The Hall–Kier alpha value is -2.40. The number of carbonyl (C=O) groups excluding carboxylic acids is 1. The van der Waals surface area contributed by atoms with Crippen molar-refractivity contribution in [3.05, 3.63) is 65.5 Å². The number of aromatic nitrogens is 1. The number of pyridine rings is 1. The molecule has 0 spiro atoms. The number of carbonyl (C=O) groups is 1. The predicted octanol–water partition coefficient (Wildman–Crippen LogP) is 4.00. The van der Waals surface area contributed by atoms with Gasteiger partial charge in [0.15, 0.2) is 0 Å². The summed E-state index contributed by atoms with van der Waals surface area (Å²) in [4.78, 5) is 21.1. The number of nitrogens with zero attached hydrogens (tertiary/aromatic N) is 3. The number of hydrogen-bond donors (Lipinski definition) is 1. The van der Waals surface area contributed by atoms with Gasteiger partial charge < -0.3 is 10.2 Å². The smallest absolute Gasteiger partial charge is 0.317 e. The first-order valence-electron chi connectivity index (χ1n) is 10.2. The molecule has 0 saturated carbocycles. The van der Waals surface area contributed by atoms with Crippen LogP contribution in [0.5, 0.6) is 0 Å². The van der Waals surface area contributed by atoms with E-state index >= 15 is 0 Å². The predicted molar refractivity (Wildman–Crippen MR) is 113 cm³/mol. The standard InChI is InChI=1S/C23H32N4O/c1-18-7-9-20(10-8-18)22(27-14-11-19(2)12-15-27)16-25-23(28)26(3)17-21-6-4-5-13-24-21/h4-10,13,19,22H,11-12,14-17H2,1-3H3,(H,25,28). The number of nitrogens with one attached hydrogen (secondary N) is 1. The summed E-state index contributed by atoms with van der Waals surface area (Å²) >= 11 is 0. The zero-order chi connectivity index (χ0) is 19.9. The van der Waals surface area contributed by atoms with Crippen molar-refractivity contribution in [2.24, 2.45) is 5.92 Å². The molecular formula is C23H32N4O. The van der Waals surface area contributed by atoms with Crippen molar-refractivity contribution in [1.82, 2.24) is 20.1 Å². The summed E-state index contributed by atoms with van der Waals surface area (Å²) in [6, 6.07) is 14.6. The van der Waals surface area contributed by atoms with Crippen molar-refractivity contribution in [2.75, 3.05) is 26.7 Å². The molecule has 2 aromatic rings. The fourth-order valence-electron chi connectivity index (χ4n) is 3.71. The monoisotopic (exact) mass is 380 g/mol. The van der Waals surface area contributed by atoms with Gasteiger partial charge in [0.05, 0.1) is 18.3 Å². The highest BCUT2D eigenvalue weighted by Crippen LogP contribution is 2.26. The lowest BCUT2D eigenvalue weighted by atomic mass is 9.95. The summed E-state index contributed by atoms with van der Waals surface area (Å²) in [6.07, 6.45) is 4.19. The normalized spacial score (nSPS) is 16.5. The molecule has 0 radical (unpaired) electrons. The summed E-state index contributed by atoms with van der Waals surface area (Å²) in [5.41, 5.74) is 3.42. The molecule has 1 atom stereocenters. The van der Waals surface area contributed by atoms with Gasteiger partial charge in [0.2, 0.25) is 0 Å². The van der Waals surface area contributed by atoms with Crippen molar-refractivity contribution in [3.8, 4) is 0 Å². The second-order valence-electron chi connectivity index (χ2n) is 8.01. The minimum absolute atomic E-state index is 0.0619. The molecule has 1 aromatic heterocycles. The van der Waals surface area contributed by atoms with Crippen LogP contribution in [0.4, 0.5) is 4.79 Å². The minimum atomic E-state index is -0.0619. The van der Waals surface area contributed by atoms with Crippen LogP contribution in [0.1, 0.15) is 42.6 Å². The van der Waals surface area contributed by atoms with Gasteiger partial charge in [-0.2, -0.15) is 0 Å². The number of aryl methyl sites for hydroxylation is 1. The first-order chi connectivity index (χ1) is 13.5. The summed E-state index contributed by atoms with van der Waals surface area (Å²) in [5.74, 6) is 0.786. The fraction of sp³-hybridized carbons (Fsp3) is 0.478. The van der Waals surface area contributed by atoms with Crippen LogP contribution < -0.4 is 5.32 Å². The average Bonchev–Trinajstić information content (AvgIpc) is 2.71. The van der Waals surface area contributed by atoms with Crippen LogP contribution in [0, 0.1) is 12.8 Å². The highest BCUT2D eigenvalue weighted by molar-refractivity contribution is 5.73. The van der Waals surface area contributed by atoms with Gasteiger partial charge in [0.25, 0.3) is 0 Å². The van der Waals surface area contributed by atoms with Crippen molar-refractivity contribution in [3.63, 3.8) is 0 Å². The van der Waals surface area contributed by atoms with E-state index in [2.05, 4.69) is 53.3 Å². The van der Waals surface area contributed by atoms with E-state index in [4.69, 9.17) is 0 Å². The molecule has 2 amide bonds. The van der Waals surface area contributed by atoms with E-state index in [1.54, 1.807) is 11.1 Å². The zero-order valence-corrected chi connectivity index (χ0v) is 17.3. The molecule has 1 fully saturated rings. The second-order valence-corrected chi connectivity index (χ2v) is 8.01. The van der Waals surface area contributed by atoms with Crippen LogP contribution in [0.3, 0.4) is 0 Å². The van der Waals surface area contributed by atoms with Crippen molar-refractivity contribution in [1.29, 1.82) is 0 Å². The molecule has 3 rings (SSSR count). The minimum Gasteiger partial charge on any atom is -0.336 e. The van der Waals surface area contributed by atoms with Gasteiger partial charge in [-0.1, -0.05) is 42.8 Å². The largest absolute Gasteiger partial charge is 0.336 e. The van der Waals surface area contributed by atoms with Crippen molar-refractivity contribution >= 4 is 6.03 Å². The quantitative estimate of drug-likeness (QED) is 0.824. The van der Waals surface area contributed by atoms with E-state index in [0.29, 0.717) is 13.1 Å². The lowest BCUT2D eigenvalue weighted by Crippen LogP contribution is -2.44. The second kappa shape index (κ2) is 9.69. The van der Waals surface area contributed by atoms with Gasteiger partial charge in [0, 0.05) is 19.8 Å². The Morgan fingerprint density at radius 3 is 2.57 bits per heavy atom. The molecule has 0 aliphatic carbocycles. The third kappa shape index (κ3) is 5.55. The lowest BCUT2D eigenvalue weighted by Gasteiger charge is -2.37. The lowest BCUT2D eigenvalue weighted by molar-refractivity contribution is 0.134. The Morgan fingerprint density at radius 2 is 1.93 bits per heavy atom. The third-order valence-electron chi connectivity index (χ3n) is 5.64. The maximum Gasteiger partial charge on any atom is 0.317 e. The topological polar surface area (TPSA) is 48.5 Å². The molecule has 1 N–H and O–H groups in total.